The summed E-state index contributed by atoms with van der Waals surface area (Å²) >= 11 is 15.5. The Hall–Kier alpha value is -2.98. The van der Waals surface area contributed by atoms with Crippen LogP contribution in [0.5, 0.6) is 11.5 Å². The number of rotatable bonds is 7. The van der Waals surface area contributed by atoms with Crippen LogP contribution in [0.1, 0.15) is 22.3 Å². The molecule has 3 rings (SSSR count). The Morgan fingerprint density at radius 3 is 2.44 bits per heavy atom. The van der Waals surface area contributed by atoms with E-state index in [1.807, 2.05) is 44.2 Å². The van der Waals surface area contributed by atoms with Gasteiger partial charge in [0.05, 0.1) is 21.6 Å². The quantitative estimate of drug-likeness (QED) is 0.240. The number of hydrogen-bond acceptors (Lipinski definition) is 4. The van der Waals surface area contributed by atoms with E-state index in [9.17, 15) is 10.1 Å². The number of amides is 1. The molecule has 0 aliphatic heterocycles. The van der Waals surface area contributed by atoms with Crippen molar-refractivity contribution in [3.63, 3.8) is 0 Å². The van der Waals surface area contributed by atoms with Crippen LogP contribution in [0, 0.1) is 25.2 Å². The van der Waals surface area contributed by atoms with Crippen LogP contribution in [0.15, 0.2) is 58.6 Å². The Morgan fingerprint density at radius 2 is 1.82 bits per heavy atom. The standard InChI is InChI=1S/C26H21BrCl2N2O3/c1-15-5-4-6-16(2)24(15)31-26(32)19(13-30)9-18-10-20(27)25(23(12-18)33-3)34-14-17-7-8-21(28)22(29)11-17/h4-12H,14H2,1-3H3,(H,31,32)/b19-9-. The second-order valence-corrected chi connectivity index (χ2v) is 9.13. The van der Waals surface area contributed by atoms with Gasteiger partial charge in [-0.15, -0.1) is 0 Å². The van der Waals surface area contributed by atoms with Crippen LogP contribution in [0.3, 0.4) is 0 Å². The van der Waals surface area contributed by atoms with Crippen molar-refractivity contribution in [2.24, 2.45) is 0 Å². The summed E-state index contributed by atoms with van der Waals surface area (Å²) in [5.74, 6) is 0.423. The molecule has 0 heterocycles. The van der Waals surface area contributed by atoms with E-state index in [1.54, 1.807) is 24.3 Å². The minimum absolute atomic E-state index is 0.0407. The molecule has 0 saturated heterocycles. The first-order valence-corrected chi connectivity index (χ1v) is 11.7. The molecule has 0 aliphatic rings. The van der Waals surface area contributed by atoms with Gasteiger partial charge in [-0.2, -0.15) is 5.26 Å². The van der Waals surface area contributed by atoms with Crippen LogP contribution in [-0.4, -0.2) is 13.0 Å². The fraction of sp³-hybridized carbons (Fsp3) is 0.154. The summed E-state index contributed by atoms with van der Waals surface area (Å²) in [7, 11) is 1.51. The number of benzene rings is 3. The number of halogens is 3. The molecule has 0 spiro atoms. The Morgan fingerprint density at radius 1 is 1.12 bits per heavy atom. The van der Waals surface area contributed by atoms with Crippen LogP contribution in [0.25, 0.3) is 6.08 Å². The molecule has 0 aliphatic carbocycles. The molecular weight excluding hydrogens is 539 g/mol. The summed E-state index contributed by atoms with van der Waals surface area (Å²) in [6, 6.07) is 16.4. The number of ether oxygens (including phenoxy) is 2. The van der Waals surface area contributed by atoms with Crippen molar-refractivity contribution in [2.45, 2.75) is 20.5 Å². The van der Waals surface area contributed by atoms with Gasteiger partial charge in [0.2, 0.25) is 0 Å². The highest BCUT2D eigenvalue weighted by atomic mass is 79.9. The van der Waals surface area contributed by atoms with E-state index in [4.69, 9.17) is 32.7 Å². The fourth-order valence-corrected chi connectivity index (χ4v) is 4.15. The topological polar surface area (TPSA) is 71.3 Å². The Bertz CT molecular complexity index is 1300. The highest BCUT2D eigenvalue weighted by molar-refractivity contribution is 9.10. The number of methoxy groups -OCH3 is 1. The van der Waals surface area contributed by atoms with Gasteiger partial charge >= 0.3 is 0 Å². The SMILES string of the molecule is COc1cc(/C=C(/C#N)C(=O)Nc2c(C)cccc2C)cc(Br)c1OCc1ccc(Cl)c(Cl)c1. The van der Waals surface area contributed by atoms with Crippen LogP contribution in [-0.2, 0) is 11.4 Å². The molecule has 3 aromatic carbocycles. The van der Waals surface area contributed by atoms with Gasteiger partial charge in [0.1, 0.15) is 18.2 Å². The first-order chi connectivity index (χ1) is 16.2. The summed E-state index contributed by atoms with van der Waals surface area (Å²) in [5, 5.41) is 13.4. The second kappa shape index (κ2) is 11.4. The molecule has 1 N–H and O–H groups in total. The van der Waals surface area contributed by atoms with Crippen LogP contribution in [0.2, 0.25) is 10.0 Å². The maximum absolute atomic E-state index is 12.8. The lowest BCUT2D eigenvalue weighted by Gasteiger charge is -2.14. The predicted molar refractivity (Wildman–Crippen MR) is 140 cm³/mol. The summed E-state index contributed by atoms with van der Waals surface area (Å²) in [5.41, 5.74) is 3.91. The minimum atomic E-state index is -0.491. The minimum Gasteiger partial charge on any atom is -0.493 e. The summed E-state index contributed by atoms with van der Waals surface area (Å²) in [4.78, 5) is 12.8. The molecule has 0 aromatic heterocycles. The zero-order chi connectivity index (χ0) is 24.8. The molecule has 0 bridgehead atoms. The van der Waals surface area contributed by atoms with Gasteiger partial charge < -0.3 is 14.8 Å². The lowest BCUT2D eigenvalue weighted by Crippen LogP contribution is -2.15. The van der Waals surface area contributed by atoms with Crippen molar-refractivity contribution in [1.29, 1.82) is 5.26 Å². The maximum Gasteiger partial charge on any atom is 0.266 e. The van der Waals surface area contributed by atoms with Gasteiger partial charge in [0.25, 0.3) is 5.91 Å². The Labute approximate surface area is 217 Å². The molecule has 0 radical (unpaired) electrons. The average molecular weight is 560 g/mol. The number of para-hydroxylation sites is 1. The van der Waals surface area contributed by atoms with E-state index >= 15 is 0 Å². The van der Waals surface area contributed by atoms with E-state index in [2.05, 4.69) is 21.2 Å². The van der Waals surface area contributed by atoms with Crippen LogP contribution < -0.4 is 14.8 Å². The van der Waals surface area contributed by atoms with Gasteiger partial charge in [-0.25, -0.2) is 0 Å². The molecule has 34 heavy (non-hydrogen) atoms. The van der Waals surface area contributed by atoms with Gasteiger partial charge in [-0.05, 0) is 82.4 Å². The third-order valence-corrected chi connectivity index (χ3v) is 6.34. The number of nitriles is 1. The summed E-state index contributed by atoms with van der Waals surface area (Å²) in [6.07, 6.45) is 1.50. The Kier molecular flexibility index (Phi) is 8.62. The smallest absolute Gasteiger partial charge is 0.266 e. The van der Waals surface area contributed by atoms with E-state index < -0.39 is 5.91 Å². The van der Waals surface area contributed by atoms with Crippen LogP contribution in [0.4, 0.5) is 5.69 Å². The normalized spacial score (nSPS) is 11.0. The molecule has 0 saturated carbocycles. The molecule has 0 atom stereocenters. The first-order valence-electron chi connectivity index (χ1n) is 10.2. The van der Waals surface area contributed by atoms with Crippen molar-refractivity contribution < 1.29 is 14.3 Å². The maximum atomic E-state index is 12.8. The van der Waals surface area contributed by atoms with Crippen molar-refractivity contribution >= 4 is 56.8 Å². The van der Waals surface area contributed by atoms with Crippen molar-refractivity contribution in [3.05, 3.63) is 90.9 Å². The highest BCUT2D eigenvalue weighted by Gasteiger charge is 2.15. The van der Waals surface area contributed by atoms with E-state index in [-0.39, 0.29) is 12.2 Å². The fourth-order valence-electron chi connectivity index (χ4n) is 3.26. The van der Waals surface area contributed by atoms with E-state index in [0.29, 0.717) is 37.3 Å². The largest absolute Gasteiger partial charge is 0.493 e. The Balaban J connectivity index is 1.84. The second-order valence-electron chi connectivity index (χ2n) is 7.46. The number of aryl methyl sites for hydroxylation is 2. The number of nitrogens with one attached hydrogen (secondary N) is 1. The monoisotopic (exact) mass is 558 g/mol. The van der Waals surface area contributed by atoms with Crippen molar-refractivity contribution in [3.8, 4) is 17.6 Å². The molecule has 8 heteroatoms. The number of anilines is 1. The number of carbonyl (C=O) groups excluding carboxylic acids is 1. The van der Waals surface area contributed by atoms with Crippen molar-refractivity contribution in [1.82, 2.24) is 0 Å². The molecule has 5 nitrogen and oxygen atoms in total. The van der Waals surface area contributed by atoms with E-state index in [1.165, 1.54) is 13.2 Å². The third-order valence-electron chi connectivity index (χ3n) is 5.01. The molecule has 174 valence electrons. The summed E-state index contributed by atoms with van der Waals surface area (Å²) < 4.78 is 12.0. The average Bonchev–Trinajstić information content (AvgIpc) is 2.81. The summed E-state index contributed by atoms with van der Waals surface area (Å²) in [6.45, 7) is 4.04. The zero-order valence-corrected chi connectivity index (χ0v) is 21.8. The number of carbonyl (C=O) groups is 1. The third kappa shape index (κ3) is 6.12. The van der Waals surface area contributed by atoms with Gasteiger partial charge in [-0.1, -0.05) is 47.5 Å². The van der Waals surface area contributed by atoms with E-state index in [0.717, 1.165) is 16.7 Å². The lowest BCUT2D eigenvalue weighted by molar-refractivity contribution is -0.112. The lowest BCUT2D eigenvalue weighted by atomic mass is 10.1. The number of nitrogens with zero attached hydrogens (tertiary/aromatic N) is 1. The zero-order valence-electron chi connectivity index (χ0n) is 18.7. The number of hydrogen-bond donors (Lipinski definition) is 1. The van der Waals surface area contributed by atoms with Crippen molar-refractivity contribution in [2.75, 3.05) is 12.4 Å². The molecule has 1 amide bonds. The molecule has 0 fully saturated rings. The predicted octanol–water partition coefficient (Wildman–Crippen LogP) is 7.51. The van der Waals surface area contributed by atoms with Crippen LogP contribution >= 0.6 is 39.1 Å². The molecule has 0 unspecified atom stereocenters. The first kappa shape index (κ1) is 25.6. The van der Waals surface area contributed by atoms with Gasteiger partial charge in [-0.3, -0.25) is 4.79 Å². The molecular formula is C26H21BrCl2N2O3. The highest BCUT2D eigenvalue weighted by Crippen LogP contribution is 2.38. The molecule has 3 aromatic rings. The van der Waals surface area contributed by atoms with Gasteiger partial charge in [0, 0.05) is 5.69 Å². The van der Waals surface area contributed by atoms with Gasteiger partial charge in [0.15, 0.2) is 11.5 Å².